The van der Waals surface area contributed by atoms with Crippen LogP contribution in [-0.4, -0.2) is 38.9 Å². The van der Waals surface area contributed by atoms with Crippen molar-refractivity contribution >= 4 is 43.4 Å². The van der Waals surface area contributed by atoms with Gasteiger partial charge in [0.2, 0.25) is 0 Å². The first-order chi connectivity index (χ1) is 8.49. The smallest absolute Gasteiger partial charge is 0.301 e. The molecule has 1 saturated heterocycles. The van der Waals surface area contributed by atoms with Gasteiger partial charge in [0, 0.05) is 30.7 Å². The SMILES string of the molecule is O=S(=O)(Nc1ccc(Br)cc1Cl)N1CCNCC1. The minimum Gasteiger partial charge on any atom is -0.314 e. The van der Waals surface area contributed by atoms with Crippen LogP contribution in [0.5, 0.6) is 0 Å². The summed E-state index contributed by atoms with van der Waals surface area (Å²) < 4.78 is 28.9. The van der Waals surface area contributed by atoms with E-state index in [1.807, 2.05) is 0 Å². The van der Waals surface area contributed by atoms with Crippen LogP contribution in [0.25, 0.3) is 0 Å². The topological polar surface area (TPSA) is 61.4 Å². The number of hydrogen-bond donors (Lipinski definition) is 2. The molecule has 0 aromatic heterocycles. The lowest BCUT2D eigenvalue weighted by molar-refractivity contribution is 0.362. The molecule has 0 atom stereocenters. The predicted molar refractivity (Wildman–Crippen MR) is 76.1 cm³/mol. The van der Waals surface area contributed by atoms with Gasteiger partial charge in [-0.3, -0.25) is 4.72 Å². The van der Waals surface area contributed by atoms with Crippen LogP contribution in [0.1, 0.15) is 0 Å². The fourth-order valence-corrected chi connectivity index (χ4v) is 3.69. The van der Waals surface area contributed by atoms with Crippen molar-refractivity contribution in [3.63, 3.8) is 0 Å². The Balaban J connectivity index is 2.16. The standard InChI is InChI=1S/C10H13BrClN3O2S/c11-8-1-2-10(9(12)7-8)14-18(16,17)15-5-3-13-4-6-15/h1-2,7,13-14H,3-6H2. The molecule has 0 spiro atoms. The maximum absolute atomic E-state index is 12.1. The summed E-state index contributed by atoms with van der Waals surface area (Å²) in [7, 11) is -3.53. The monoisotopic (exact) mass is 353 g/mol. The lowest BCUT2D eigenvalue weighted by Crippen LogP contribution is -2.48. The maximum atomic E-state index is 12.1. The number of hydrogen-bond acceptors (Lipinski definition) is 3. The van der Waals surface area contributed by atoms with Gasteiger partial charge in [0.1, 0.15) is 0 Å². The summed E-state index contributed by atoms with van der Waals surface area (Å²) in [4.78, 5) is 0. The minimum absolute atomic E-state index is 0.364. The molecule has 2 rings (SSSR count). The molecule has 0 amide bonds. The summed E-state index contributed by atoms with van der Waals surface area (Å²) in [5, 5.41) is 3.47. The molecule has 8 heteroatoms. The second-order valence-corrected chi connectivity index (χ2v) is 6.87. The van der Waals surface area contributed by atoms with Gasteiger partial charge in [0.15, 0.2) is 0 Å². The second-order valence-electron chi connectivity index (χ2n) is 3.88. The largest absolute Gasteiger partial charge is 0.314 e. The third-order valence-electron chi connectivity index (χ3n) is 2.59. The van der Waals surface area contributed by atoms with Crippen LogP contribution in [0.3, 0.4) is 0 Å². The molecule has 2 N–H and O–H groups in total. The Morgan fingerprint density at radius 3 is 2.61 bits per heavy atom. The lowest BCUT2D eigenvalue weighted by atomic mass is 10.3. The third-order valence-corrected chi connectivity index (χ3v) is 4.91. The van der Waals surface area contributed by atoms with Gasteiger partial charge < -0.3 is 5.32 Å². The normalized spacial score (nSPS) is 17.7. The van der Waals surface area contributed by atoms with E-state index >= 15 is 0 Å². The van der Waals surface area contributed by atoms with Crippen LogP contribution in [0.4, 0.5) is 5.69 Å². The fraction of sp³-hybridized carbons (Fsp3) is 0.400. The van der Waals surface area contributed by atoms with Crippen molar-refractivity contribution in [2.75, 3.05) is 30.9 Å². The maximum Gasteiger partial charge on any atom is 0.301 e. The zero-order valence-electron chi connectivity index (χ0n) is 9.49. The average molecular weight is 355 g/mol. The molecule has 1 aliphatic heterocycles. The molecule has 0 bridgehead atoms. The molecule has 100 valence electrons. The molecular formula is C10H13BrClN3O2S. The zero-order valence-corrected chi connectivity index (χ0v) is 12.6. The van der Waals surface area contributed by atoms with Crippen LogP contribution < -0.4 is 10.0 Å². The van der Waals surface area contributed by atoms with E-state index in [2.05, 4.69) is 26.0 Å². The van der Waals surface area contributed by atoms with E-state index < -0.39 is 10.2 Å². The van der Waals surface area contributed by atoms with Gasteiger partial charge in [-0.15, -0.1) is 0 Å². The predicted octanol–water partition coefficient (Wildman–Crippen LogP) is 1.66. The summed E-state index contributed by atoms with van der Waals surface area (Å²) in [5.74, 6) is 0. The van der Waals surface area contributed by atoms with Crippen molar-refractivity contribution in [3.05, 3.63) is 27.7 Å². The Labute approximate surface area is 120 Å². The van der Waals surface area contributed by atoms with Crippen molar-refractivity contribution in [2.45, 2.75) is 0 Å². The van der Waals surface area contributed by atoms with Crippen LogP contribution in [0, 0.1) is 0 Å². The number of piperazine rings is 1. The Morgan fingerprint density at radius 1 is 1.33 bits per heavy atom. The number of rotatable bonds is 3. The van der Waals surface area contributed by atoms with Gasteiger partial charge in [0.05, 0.1) is 10.7 Å². The van der Waals surface area contributed by atoms with Crippen LogP contribution in [0.15, 0.2) is 22.7 Å². The Hall–Kier alpha value is -0.340. The molecule has 1 heterocycles. The summed E-state index contributed by atoms with van der Waals surface area (Å²) in [5.41, 5.74) is 0.387. The fourth-order valence-electron chi connectivity index (χ4n) is 1.66. The van der Waals surface area contributed by atoms with Crippen LogP contribution in [-0.2, 0) is 10.2 Å². The molecule has 1 aromatic rings. The quantitative estimate of drug-likeness (QED) is 0.868. The highest BCUT2D eigenvalue weighted by atomic mass is 79.9. The van der Waals surface area contributed by atoms with E-state index in [1.165, 1.54) is 4.31 Å². The third kappa shape index (κ3) is 3.36. The van der Waals surface area contributed by atoms with Crippen molar-refractivity contribution in [1.29, 1.82) is 0 Å². The van der Waals surface area contributed by atoms with E-state index in [0.717, 1.165) is 4.47 Å². The summed E-state index contributed by atoms with van der Waals surface area (Å²) in [6.45, 7) is 2.25. The van der Waals surface area contributed by atoms with Crippen molar-refractivity contribution in [2.24, 2.45) is 0 Å². The van der Waals surface area contributed by atoms with Gasteiger partial charge >= 0.3 is 10.2 Å². The lowest BCUT2D eigenvalue weighted by Gasteiger charge is -2.27. The van der Waals surface area contributed by atoms with E-state index in [1.54, 1.807) is 18.2 Å². The number of nitrogens with zero attached hydrogens (tertiary/aromatic N) is 1. The Morgan fingerprint density at radius 2 is 2.00 bits per heavy atom. The number of nitrogens with one attached hydrogen (secondary N) is 2. The summed E-state index contributed by atoms with van der Waals surface area (Å²) in [6.07, 6.45) is 0. The van der Waals surface area contributed by atoms with E-state index in [9.17, 15) is 8.42 Å². The average Bonchev–Trinajstić information content (AvgIpc) is 2.34. The van der Waals surface area contributed by atoms with Crippen molar-refractivity contribution in [3.8, 4) is 0 Å². The Kier molecular flexibility index (Phi) is 4.50. The molecule has 0 aliphatic carbocycles. The molecule has 1 aromatic carbocycles. The Bertz CT molecular complexity index is 532. The minimum atomic E-state index is -3.53. The van der Waals surface area contributed by atoms with Crippen molar-refractivity contribution in [1.82, 2.24) is 9.62 Å². The van der Waals surface area contributed by atoms with Crippen LogP contribution in [0.2, 0.25) is 5.02 Å². The molecule has 0 unspecified atom stereocenters. The second kappa shape index (κ2) is 5.75. The zero-order chi connectivity index (χ0) is 13.2. The first-order valence-electron chi connectivity index (χ1n) is 5.43. The molecule has 18 heavy (non-hydrogen) atoms. The summed E-state index contributed by atoms with van der Waals surface area (Å²) in [6, 6.07) is 5.02. The van der Waals surface area contributed by atoms with Gasteiger partial charge in [-0.05, 0) is 18.2 Å². The highest BCUT2D eigenvalue weighted by Gasteiger charge is 2.24. The number of benzene rings is 1. The molecule has 1 aliphatic rings. The van der Waals surface area contributed by atoms with Gasteiger partial charge in [0.25, 0.3) is 0 Å². The van der Waals surface area contributed by atoms with E-state index in [-0.39, 0.29) is 0 Å². The van der Waals surface area contributed by atoms with E-state index in [0.29, 0.717) is 36.9 Å². The van der Waals surface area contributed by atoms with E-state index in [4.69, 9.17) is 11.6 Å². The first-order valence-corrected chi connectivity index (χ1v) is 8.04. The highest BCUT2D eigenvalue weighted by Crippen LogP contribution is 2.26. The van der Waals surface area contributed by atoms with Gasteiger partial charge in [-0.2, -0.15) is 12.7 Å². The van der Waals surface area contributed by atoms with Crippen LogP contribution >= 0.6 is 27.5 Å². The summed E-state index contributed by atoms with van der Waals surface area (Å²) >= 11 is 9.26. The molecule has 0 saturated carbocycles. The number of halogens is 2. The molecular weight excluding hydrogens is 342 g/mol. The molecule has 0 radical (unpaired) electrons. The highest BCUT2D eigenvalue weighted by molar-refractivity contribution is 9.10. The number of anilines is 1. The van der Waals surface area contributed by atoms with Crippen molar-refractivity contribution < 1.29 is 8.42 Å². The first kappa shape index (κ1) is 14.1. The molecule has 5 nitrogen and oxygen atoms in total. The van der Waals surface area contributed by atoms with Gasteiger partial charge in [-0.25, -0.2) is 0 Å². The molecule has 1 fully saturated rings. The van der Waals surface area contributed by atoms with Gasteiger partial charge in [-0.1, -0.05) is 27.5 Å².